The van der Waals surface area contributed by atoms with E-state index >= 15 is 0 Å². The predicted octanol–water partition coefficient (Wildman–Crippen LogP) is 1.19. The van der Waals surface area contributed by atoms with Gasteiger partial charge < -0.3 is 10.6 Å². The quantitative estimate of drug-likeness (QED) is 0.674. The van der Waals surface area contributed by atoms with Crippen LogP contribution in [0.1, 0.15) is 34.1 Å². The van der Waals surface area contributed by atoms with E-state index in [0.717, 1.165) is 13.0 Å². The van der Waals surface area contributed by atoms with Gasteiger partial charge in [-0.2, -0.15) is 0 Å². The summed E-state index contributed by atoms with van der Waals surface area (Å²) >= 11 is 0. The number of hydrogen-bond acceptors (Lipinski definition) is 3. The fourth-order valence-electron chi connectivity index (χ4n) is 1.85. The molecular formula is C9H19N3. The van der Waals surface area contributed by atoms with Crippen LogP contribution < -0.4 is 5.73 Å². The summed E-state index contributed by atoms with van der Waals surface area (Å²) in [6.45, 7) is 9.55. The van der Waals surface area contributed by atoms with Gasteiger partial charge in [0, 0.05) is 6.04 Å². The molecule has 0 fully saturated rings. The van der Waals surface area contributed by atoms with Gasteiger partial charge in [-0.25, -0.2) is 0 Å². The summed E-state index contributed by atoms with van der Waals surface area (Å²) in [6, 6.07) is 0.446. The van der Waals surface area contributed by atoms with E-state index in [2.05, 4.69) is 37.6 Å². The molecule has 1 heterocycles. The Hall–Kier alpha value is -0.730. The first-order valence-corrected chi connectivity index (χ1v) is 4.60. The third-order valence-corrected chi connectivity index (χ3v) is 2.69. The summed E-state index contributed by atoms with van der Waals surface area (Å²) in [7, 11) is 0. The average Bonchev–Trinajstić information content (AvgIpc) is 2.28. The lowest BCUT2D eigenvalue weighted by Crippen LogP contribution is -2.52. The molecule has 1 aliphatic heterocycles. The fourth-order valence-corrected chi connectivity index (χ4v) is 1.85. The van der Waals surface area contributed by atoms with Gasteiger partial charge in [-0.3, -0.25) is 4.99 Å². The Morgan fingerprint density at radius 2 is 2.25 bits per heavy atom. The van der Waals surface area contributed by atoms with Crippen LogP contribution in [0.25, 0.3) is 0 Å². The molecule has 12 heavy (non-hydrogen) atoms. The maximum absolute atomic E-state index is 5.81. The van der Waals surface area contributed by atoms with Crippen molar-refractivity contribution in [1.29, 1.82) is 0 Å². The van der Waals surface area contributed by atoms with Crippen LogP contribution in [0.2, 0.25) is 0 Å². The van der Waals surface area contributed by atoms with Crippen LogP contribution in [0, 0.1) is 0 Å². The number of nitrogens with two attached hydrogens (primary N) is 1. The molecule has 0 bridgehead atoms. The van der Waals surface area contributed by atoms with Crippen LogP contribution in [0.15, 0.2) is 4.99 Å². The summed E-state index contributed by atoms with van der Waals surface area (Å²) in [6.07, 6.45) is 1.09. The van der Waals surface area contributed by atoms with Crippen LogP contribution in [-0.2, 0) is 0 Å². The van der Waals surface area contributed by atoms with Gasteiger partial charge in [-0.05, 0) is 27.2 Å². The van der Waals surface area contributed by atoms with Crippen LogP contribution in [0.3, 0.4) is 0 Å². The molecule has 0 aromatic rings. The third-order valence-electron chi connectivity index (χ3n) is 2.69. The lowest BCUT2D eigenvalue weighted by atomic mass is 9.97. The smallest absolute Gasteiger partial charge is 0.192 e. The van der Waals surface area contributed by atoms with Crippen molar-refractivity contribution >= 4 is 5.96 Å². The largest absolute Gasteiger partial charge is 0.370 e. The van der Waals surface area contributed by atoms with Crippen LogP contribution in [-0.4, -0.2) is 29.0 Å². The highest BCUT2D eigenvalue weighted by Crippen LogP contribution is 2.26. The fraction of sp³-hybridized carbons (Fsp3) is 0.889. The molecule has 0 aromatic carbocycles. The van der Waals surface area contributed by atoms with Crippen molar-refractivity contribution < 1.29 is 0 Å². The molecule has 70 valence electrons. The van der Waals surface area contributed by atoms with Gasteiger partial charge in [0.1, 0.15) is 0 Å². The lowest BCUT2D eigenvalue weighted by Gasteiger charge is -2.38. The van der Waals surface area contributed by atoms with Crippen LogP contribution in [0.4, 0.5) is 0 Å². The summed E-state index contributed by atoms with van der Waals surface area (Å²) < 4.78 is 0. The first-order valence-electron chi connectivity index (χ1n) is 4.60. The van der Waals surface area contributed by atoms with Crippen molar-refractivity contribution in [3.8, 4) is 0 Å². The molecule has 0 saturated heterocycles. The van der Waals surface area contributed by atoms with E-state index < -0.39 is 0 Å². The molecule has 0 aromatic heterocycles. The highest BCUT2D eigenvalue weighted by Gasteiger charge is 2.37. The Morgan fingerprint density at radius 3 is 2.58 bits per heavy atom. The van der Waals surface area contributed by atoms with Crippen LogP contribution in [0.5, 0.6) is 0 Å². The van der Waals surface area contributed by atoms with Crippen molar-refractivity contribution in [3.05, 3.63) is 0 Å². The van der Waals surface area contributed by atoms with E-state index in [1.165, 1.54) is 0 Å². The monoisotopic (exact) mass is 169 g/mol. The van der Waals surface area contributed by atoms with Gasteiger partial charge in [0.25, 0.3) is 0 Å². The zero-order valence-corrected chi connectivity index (χ0v) is 8.46. The molecule has 0 amide bonds. The molecule has 1 unspecified atom stereocenters. The summed E-state index contributed by atoms with van der Waals surface area (Å²) in [5.41, 5.74) is 5.96. The normalized spacial score (nSPS) is 29.8. The van der Waals surface area contributed by atoms with E-state index in [9.17, 15) is 0 Å². The zero-order valence-electron chi connectivity index (χ0n) is 8.46. The second kappa shape index (κ2) is 2.96. The average molecular weight is 169 g/mol. The maximum Gasteiger partial charge on any atom is 0.192 e. The lowest BCUT2D eigenvalue weighted by molar-refractivity contribution is 0.178. The maximum atomic E-state index is 5.81. The molecule has 0 saturated carbocycles. The van der Waals surface area contributed by atoms with E-state index in [4.69, 9.17) is 5.73 Å². The highest BCUT2D eigenvalue weighted by atomic mass is 15.4. The molecule has 1 atom stereocenters. The standard InChI is InChI=1S/C9H19N3/c1-5-9(4)6-11-8(10)12(9)7(2)3/h7H,5-6H2,1-4H3,(H2,10,11). The van der Waals surface area contributed by atoms with E-state index in [0.29, 0.717) is 12.0 Å². The van der Waals surface area contributed by atoms with Crippen LogP contribution >= 0.6 is 0 Å². The van der Waals surface area contributed by atoms with Gasteiger partial charge in [0.15, 0.2) is 5.96 Å². The van der Waals surface area contributed by atoms with Crippen molar-refractivity contribution in [2.24, 2.45) is 10.7 Å². The number of hydrogen-bond donors (Lipinski definition) is 1. The van der Waals surface area contributed by atoms with Crippen molar-refractivity contribution in [2.45, 2.75) is 45.7 Å². The van der Waals surface area contributed by atoms with E-state index in [1.807, 2.05) is 0 Å². The van der Waals surface area contributed by atoms with Gasteiger partial charge in [0.05, 0.1) is 12.1 Å². The Bertz CT molecular complexity index is 198. The molecule has 2 N–H and O–H groups in total. The third kappa shape index (κ3) is 1.28. The molecule has 3 nitrogen and oxygen atoms in total. The molecule has 0 spiro atoms. The molecule has 0 radical (unpaired) electrons. The Kier molecular flexibility index (Phi) is 2.31. The van der Waals surface area contributed by atoms with Gasteiger partial charge in [-0.1, -0.05) is 6.92 Å². The SMILES string of the molecule is CCC1(C)CN=C(N)N1C(C)C. The minimum absolute atomic E-state index is 0.151. The van der Waals surface area contributed by atoms with Crippen molar-refractivity contribution in [1.82, 2.24) is 4.90 Å². The van der Waals surface area contributed by atoms with E-state index in [1.54, 1.807) is 0 Å². The second-order valence-corrected chi connectivity index (χ2v) is 3.99. The molecule has 1 rings (SSSR count). The minimum Gasteiger partial charge on any atom is -0.370 e. The second-order valence-electron chi connectivity index (χ2n) is 3.99. The molecule has 0 aliphatic carbocycles. The Labute approximate surface area is 74.6 Å². The van der Waals surface area contributed by atoms with Gasteiger partial charge in [0.2, 0.25) is 0 Å². The first kappa shape index (κ1) is 9.36. The molecule has 3 heteroatoms. The number of guanidine groups is 1. The minimum atomic E-state index is 0.151. The van der Waals surface area contributed by atoms with Gasteiger partial charge >= 0.3 is 0 Å². The summed E-state index contributed by atoms with van der Waals surface area (Å²) in [5.74, 6) is 0.703. The van der Waals surface area contributed by atoms with E-state index in [-0.39, 0.29) is 5.54 Å². The first-order chi connectivity index (χ1) is 5.51. The molecular weight excluding hydrogens is 150 g/mol. The Balaban J connectivity index is 2.84. The number of rotatable bonds is 2. The highest BCUT2D eigenvalue weighted by molar-refractivity contribution is 5.81. The molecule has 1 aliphatic rings. The zero-order chi connectivity index (χ0) is 9.35. The number of nitrogens with zero attached hydrogens (tertiary/aromatic N) is 2. The van der Waals surface area contributed by atoms with Crippen molar-refractivity contribution in [3.63, 3.8) is 0 Å². The predicted molar refractivity (Wildman–Crippen MR) is 52.2 cm³/mol. The van der Waals surface area contributed by atoms with Gasteiger partial charge in [-0.15, -0.1) is 0 Å². The number of aliphatic imine (C=N–C) groups is 1. The summed E-state index contributed by atoms with van der Waals surface area (Å²) in [5, 5.41) is 0. The Morgan fingerprint density at radius 1 is 1.67 bits per heavy atom. The topological polar surface area (TPSA) is 41.6 Å². The van der Waals surface area contributed by atoms with Crippen molar-refractivity contribution in [2.75, 3.05) is 6.54 Å². The summed E-state index contributed by atoms with van der Waals surface area (Å²) in [4.78, 5) is 6.50.